The molecule has 0 N–H and O–H groups in total. The van der Waals surface area contributed by atoms with Crippen LogP contribution in [0.3, 0.4) is 0 Å². The van der Waals surface area contributed by atoms with Crippen LogP contribution in [0.5, 0.6) is 0 Å². The van der Waals surface area contributed by atoms with Gasteiger partial charge in [0.05, 0.1) is 6.61 Å². The molecule has 1 aliphatic carbocycles. The maximum Gasteiger partial charge on any atom is 0.229 e. The van der Waals surface area contributed by atoms with Crippen molar-refractivity contribution in [1.82, 2.24) is 15.0 Å². The number of rotatable bonds is 3. The van der Waals surface area contributed by atoms with E-state index in [1.165, 1.54) is 19.3 Å². The molecule has 0 bridgehead atoms. The first-order valence-electron chi connectivity index (χ1n) is 6.93. The lowest BCUT2D eigenvalue weighted by Crippen LogP contribution is -2.42. The summed E-state index contributed by atoms with van der Waals surface area (Å²) in [5.74, 6) is 2.03. The zero-order chi connectivity index (χ0) is 12.5. The molecule has 1 aliphatic heterocycles. The van der Waals surface area contributed by atoms with Gasteiger partial charge in [-0.25, -0.2) is 0 Å². The summed E-state index contributed by atoms with van der Waals surface area (Å²) in [6.07, 6.45) is 3.62. The van der Waals surface area contributed by atoms with Crippen molar-refractivity contribution in [2.24, 2.45) is 0 Å². The highest BCUT2D eigenvalue weighted by molar-refractivity contribution is 5.01. The van der Waals surface area contributed by atoms with Crippen molar-refractivity contribution >= 4 is 0 Å². The van der Waals surface area contributed by atoms with Gasteiger partial charge >= 0.3 is 0 Å². The van der Waals surface area contributed by atoms with Crippen molar-refractivity contribution in [3.05, 3.63) is 11.7 Å². The molecule has 0 radical (unpaired) electrons. The van der Waals surface area contributed by atoms with Crippen molar-refractivity contribution in [2.45, 2.75) is 51.2 Å². The maximum absolute atomic E-state index is 5.76. The van der Waals surface area contributed by atoms with Gasteiger partial charge in [0.15, 0.2) is 0 Å². The predicted octanol–water partition coefficient (Wildman–Crippen LogP) is 2.12. The second kappa shape index (κ2) is 4.97. The van der Waals surface area contributed by atoms with E-state index in [9.17, 15) is 0 Å². The largest absolute Gasteiger partial charge is 0.367 e. The van der Waals surface area contributed by atoms with Crippen molar-refractivity contribution < 1.29 is 9.26 Å². The third-order valence-electron chi connectivity index (χ3n) is 4.03. The van der Waals surface area contributed by atoms with Gasteiger partial charge in [0.2, 0.25) is 11.7 Å². The first-order chi connectivity index (χ1) is 8.74. The van der Waals surface area contributed by atoms with Gasteiger partial charge in [0, 0.05) is 25.0 Å². The minimum absolute atomic E-state index is 0.0290. The minimum Gasteiger partial charge on any atom is -0.367 e. The first kappa shape index (κ1) is 12.1. The highest BCUT2D eigenvalue weighted by Crippen LogP contribution is 2.35. The Morgan fingerprint density at radius 2 is 2.17 bits per heavy atom. The smallest absolute Gasteiger partial charge is 0.229 e. The van der Waals surface area contributed by atoms with Crippen molar-refractivity contribution in [2.75, 3.05) is 19.7 Å². The van der Waals surface area contributed by atoms with Gasteiger partial charge in [-0.1, -0.05) is 11.6 Å². The summed E-state index contributed by atoms with van der Waals surface area (Å²) >= 11 is 0. The predicted molar refractivity (Wildman–Crippen MR) is 66.3 cm³/mol. The molecule has 2 heterocycles. The number of aromatic nitrogens is 2. The van der Waals surface area contributed by atoms with E-state index >= 15 is 0 Å². The van der Waals surface area contributed by atoms with Gasteiger partial charge in [-0.3, -0.25) is 4.90 Å². The molecule has 2 fully saturated rings. The Kier molecular flexibility index (Phi) is 3.35. The molecule has 18 heavy (non-hydrogen) atoms. The number of hydrogen-bond acceptors (Lipinski definition) is 5. The molecule has 0 amide bonds. The third kappa shape index (κ3) is 2.29. The van der Waals surface area contributed by atoms with E-state index < -0.39 is 0 Å². The van der Waals surface area contributed by atoms with E-state index in [1.807, 2.05) is 0 Å². The Hall–Kier alpha value is -0.940. The lowest BCUT2D eigenvalue weighted by Gasteiger charge is -2.34. The summed E-state index contributed by atoms with van der Waals surface area (Å²) in [5.41, 5.74) is 0. The molecule has 3 rings (SSSR count). The van der Waals surface area contributed by atoms with Crippen LogP contribution in [0.1, 0.15) is 56.8 Å². The van der Waals surface area contributed by atoms with Crippen molar-refractivity contribution in [3.63, 3.8) is 0 Å². The van der Waals surface area contributed by atoms with E-state index in [2.05, 4.69) is 28.9 Å². The van der Waals surface area contributed by atoms with Crippen LogP contribution in [-0.4, -0.2) is 40.8 Å². The zero-order valence-electron chi connectivity index (χ0n) is 11.1. The van der Waals surface area contributed by atoms with Crippen molar-refractivity contribution in [3.8, 4) is 0 Å². The van der Waals surface area contributed by atoms with E-state index in [0.717, 1.165) is 31.4 Å². The van der Waals surface area contributed by atoms with Gasteiger partial charge in [0.1, 0.15) is 6.10 Å². The second-order valence-corrected chi connectivity index (χ2v) is 5.57. The fourth-order valence-electron chi connectivity index (χ4n) is 2.49. The van der Waals surface area contributed by atoms with Gasteiger partial charge in [-0.05, 0) is 26.7 Å². The average molecular weight is 251 g/mol. The summed E-state index contributed by atoms with van der Waals surface area (Å²) < 4.78 is 11.1. The van der Waals surface area contributed by atoms with E-state index in [0.29, 0.717) is 12.0 Å². The molecular formula is C13H21N3O2. The molecule has 0 spiro atoms. The molecule has 1 saturated carbocycles. The molecule has 1 atom stereocenters. The minimum atomic E-state index is -0.0290. The number of morpholine rings is 1. The zero-order valence-corrected chi connectivity index (χ0v) is 11.1. The Balaban J connectivity index is 1.67. The van der Waals surface area contributed by atoms with Crippen LogP contribution in [0, 0.1) is 0 Å². The third-order valence-corrected chi connectivity index (χ3v) is 4.03. The fraction of sp³-hybridized carbons (Fsp3) is 0.846. The van der Waals surface area contributed by atoms with Crippen LogP contribution < -0.4 is 0 Å². The van der Waals surface area contributed by atoms with Crippen LogP contribution in [0.25, 0.3) is 0 Å². The average Bonchev–Trinajstić information content (AvgIpc) is 2.76. The molecule has 100 valence electrons. The Morgan fingerprint density at radius 3 is 2.83 bits per heavy atom. The highest BCUT2D eigenvalue weighted by atomic mass is 16.5. The van der Waals surface area contributed by atoms with Gasteiger partial charge in [-0.15, -0.1) is 0 Å². The number of nitrogens with zero attached hydrogens (tertiary/aromatic N) is 3. The van der Waals surface area contributed by atoms with Crippen LogP contribution in [0.15, 0.2) is 4.52 Å². The lowest BCUT2D eigenvalue weighted by molar-refractivity contribution is -0.0450. The Morgan fingerprint density at radius 1 is 1.33 bits per heavy atom. The summed E-state index contributed by atoms with van der Waals surface area (Å²) in [6.45, 7) is 7.01. The highest BCUT2D eigenvalue weighted by Gasteiger charge is 2.30. The summed E-state index contributed by atoms with van der Waals surface area (Å²) in [6, 6.07) is 0.536. The molecule has 0 aromatic carbocycles. The van der Waals surface area contributed by atoms with Crippen molar-refractivity contribution in [1.29, 1.82) is 0 Å². The number of hydrogen-bond donors (Lipinski definition) is 0. The number of ether oxygens (including phenoxy) is 1. The quantitative estimate of drug-likeness (QED) is 0.823. The molecule has 5 nitrogen and oxygen atoms in total. The Bertz CT molecular complexity index is 401. The molecule has 0 unspecified atom stereocenters. The molecule has 1 saturated heterocycles. The molecule has 5 heteroatoms. The van der Waals surface area contributed by atoms with Crippen LogP contribution >= 0.6 is 0 Å². The molecule has 2 aliphatic rings. The van der Waals surface area contributed by atoms with Crippen LogP contribution in [0.4, 0.5) is 0 Å². The van der Waals surface area contributed by atoms with E-state index in [1.54, 1.807) is 0 Å². The lowest BCUT2D eigenvalue weighted by atomic mass is 9.85. The normalized spacial score (nSPS) is 26.5. The van der Waals surface area contributed by atoms with Gasteiger partial charge < -0.3 is 9.26 Å². The van der Waals surface area contributed by atoms with E-state index in [-0.39, 0.29) is 6.10 Å². The SMILES string of the molecule is CC(C)N1CCO[C@H](c2noc(C3CCC3)n2)C1. The second-order valence-electron chi connectivity index (χ2n) is 5.57. The topological polar surface area (TPSA) is 51.4 Å². The monoisotopic (exact) mass is 251 g/mol. The summed E-state index contributed by atoms with van der Waals surface area (Å²) in [5, 5.41) is 4.10. The van der Waals surface area contributed by atoms with Crippen LogP contribution in [-0.2, 0) is 4.74 Å². The fourth-order valence-corrected chi connectivity index (χ4v) is 2.49. The first-order valence-corrected chi connectivity index (χ1v) is 6.93. The van der Waals surface area contributed by atoms with Crippen LogP contribution in [0.2, 0.25) is 0 Å². The van der Waals surface area contributed by atoms with Gasteiger partial charge in [0.25, 0.3) is 0 Å². The summed E-state index contributed by atoms with van der Waals surface area (Å²) in [4.78, 5) is 6.92. The molecule has 1 aromatic heterocycles. The van der Waals surface area contributed by atoms with Gasteiger partial charge in [-0.2, -0.15) is 4.98 Å². The standard InChI is InChI=1S/C13H21N3O2/c1-9(2)16-6-7-17-11(8-16)12-14-13(18-15-12)10-4-3-5-10/h9-11H,3-8H2,1-2H3/t11-/m0/s1. The molecule has 1 aromatic rings. The summed E-state index contributed by atoms with van der Waals surface area (Å²) in [7, 11) is 0. The van der Waals surface area contributed by atoms with E-state index in [4.69, 9.17) is 9.26 Å². The Labute approximate surface area is 107 Å². The maximum atomic E-state index is 5.76. The molecular weight excluding hydrogens is 230 g/mol.